The van der Waals surface area contributed by atoms with Gasteiger partial charge in [0.1, 0.15) is 0 Å². The molecule has 0 aromatic heterocycles. The molecule has 0 radical (unpaired) electrons. The highest BCUT2D eigenvalue weighted by Gasteiger charge is 2.34. The molecule has 0 bridgehead atoms. The van der Waals surface area contributed by atoms with Crippen molar-refractivity contribution < 1.29 is 14.3 Å². The van der Waals surface area contributed by atoms with E-state index >= 15 is 0 Å². The van der Waals surface area contributed by atoms with Crippen LogP contribution in [0.15, 0.2) is 30.3 Å². The van der Waals surface area contributed by atoms with Gasteiger partial charge in [-0.15, -0.1) is 0 Å². The van der Waals surface area contributed by atoms with E-state index in [4.69, 9.17) is 10.5 Å². The molecular formula is C19H29N3O3. The molecule has 4 N–H and O–H groups in total. The van der Waals surface area contributed by atoms with Crippen LogP contribution in [0, 0.1) is 5.92 Å². The molecule has 2 amide bonds. The van der Waals surface area contributed by atoms with Gasteiger partial charge in [0.15, 0.2) is 0 Å². The maximum Gasteiger partial charge on any atom is 0.239 e. The van der Waals surface area contributed by atoms with E-state index in [1.54, 1.807) is 0 Å². The average Bonchev–Trinajstić information content (AvgIpc) is 2.65. The maximum absolute atomic E-state index is 12.2. The van der Waals surface area contributed by atoms with Crippen LogP contribution < -0.4 is 16.4 Å². The van der Waals surface area contributed by atoms with Crippen molar-refractivity contribution in [2.45, 2.75) is 38.1 Å². The molecule has 6 nitrogen and oxygen atoms in total. The Labute approximate surface area is 149 Å². The Balaban J connectivity index is 1.90. The van der Waals surface area contributed by atoms with Crippen molar-refractivity contribution in [3.8, 4) is 0 Å². The monoisotopic (exact) mass is 347 g/mol. The molecule has 1 aromatic rings. The van der Waals surface area contributed by atoms with Crippen molar-refractivity contribution >= 4 is 11.8 Å². The molecule has 138 valence electrons. The summed E-state index contributed by atoms with van der Waals surface area (Å²) >= 11 is 0. The number of benzene rings is 1. The van der Waals surface area contributed by atoms with Crippen LogP contribution in [0.1, 0.15) is 32.3 Å². The zero-order valence-electron chi connectivity index (χ0n) is 15.1. The van der Waals surface area contributed by atoms with Crippen LogP contribution in [0.25, 0.3) is 0 Å². The predicted octanol–water partition coefficient (Wildman–Crippen LogP) is 0.951. The van der Waals surface area contributed by atoms with Crippen LogP contribution in [-0.4, -0.2) is 44.2 Å². The van der Waals surface area contributed by atoms with Gasteiger partial charge in [0.05, 0.1) is 12.6 Å². The quantitative estimate of drug-likeness (QED) is 0.685. The first-order valence-corrected chi connectivity index (χ1v) is 8.88. The summed E-state index contributed by atoms with van der Waals surface area (Å²) in [6.07, 6.45) is 1.73. The van der Waals surface area contributed by atoms with Crippen LogP contribution in [0.2, 0.25) is 0 Å². The van der Waals surface area contributed by atoms with Gasteiger partial charge in [0.2, 0.25) is 11.8 Å². The Morgan fingerprint density at radius 1 is 1.16 bits per heavy atom. The van der Waals surface area contributed by atoms with Crippen LogP contribution in [0.5, 0.6) is 0 Å². The second-order valence-electron chi connectivity index (χ2n) is 7.02. The summed E-state index contributed by atoms with van der Waals surface area (Å²) in [5.41, 5.74) is 6.87. The lowest BCUT2D eigenvalue weighted by molar-refractivity contribution is -0.127. The Morgan fingerprint density at radius 2 is 1.80 bits per heavy atom. The second kappa shape index (κ2) is 8.97. The van der Waals surface area contributed by atoms with Gasteiger partial charge < -0.3 is 21.1 Å². The Hall–Kier alpha value is -1.92. The number of ether oxygens (including phenoxy) is 1. The zero-order valence-corrected chi connectivity index (χ0v) is 15.1. The Morgan fingerprint density at radius 3 is 2.40 bits per heavy atom. The molecule has 0 unspecified atom stereocenters. The number of amides is 2. The second-order valence-corrected chi connectivity index (χ2v) is 7.02. The van der Waals surface area contributed by atoms with Gasteiger partial charge in [-0.25, -0.2) is 0 Å². The highest BCUT2D eigenvalue weighted by molar-refractivity contribution is 5.87. The van der Waals surface area contributed by atoms with Gasteiger partial charge in [-0.3, -0.25) is 9.59 Å². The number of carbonyl (C=O) groups is 2. The third-order valence-electron chi connectivity index (χ3n) is 4.90. The Bertz CT molecular complexity index is 569. The van der Waals surface area contributed by atoms with Crippen molar-refractivity contribution in [1.29, 1.82) is 0 Å². The number of hydrogen-bond donors (Lipinski definition) is 3. The van der Waals surface area contributed by atoms with Gasteiger partial charge in [-0.05, 0) is 24.3 Å². The van der Waals surface area contributed by atoms with Gasteiger partial charge in [-0.2, -0.15) is 0 Å². The summed E-state index contributed by atoms with van der Waals surface area (Å²) in [5, 5.41) is 5.57. The number of carbonyl (C=O) groups excluding carboxylic acids is 2. The molecule has 1 aromatic carbocycles. The molecule has 1 saturated heterocycles. The molecule has 0 saturated carbocycles. The topological polar surface area (TPSA) is 93.5 Å². The van der Waals surface area contributed by atoms with E-state index in [1.807, 2.05) is 32.0 Å². The van der Waals surface area contributed by atoms with E-state index in [9.17, 15) is 9.59 Å². The van der Waals surface area contributed by atoms with E-state index < -0.39 is 6.04 Å². The summed E-state index contributed by atoms with van der Waals surface area (Å²) in [6, 6.07) is 9.62. The van der Waals surface area contributed by atoms with E-state index in [0.29, 0.717) is 19.8 Å². The molecule has 1 aliphatic heterocycles. The first-order valence-electron chi connectivity index (χ1n) is 8.88. The molecule has 2 rings (SSSR count). The normalized spacial score (nSPS) is 17.8. The van der Waals surface area contributed by atoms with Crippen LogP contribution in [-0.2, 0) is 19.7 Å². The van der Waals surface area contributed by atoms with E-state index in [0.717, 1.165) is 12.8 Å². The first-order chi connectivity index (χ1) is 11.9. The first kappa shape index (κ1) is 19.4. The molecule has 0 spiro atoms. The maximum atomic E-state index is 12.2. The number of nitrogens with one attached hydrogen (secondary N) is 2. The molecule has 6 heteroatoms. The minimum absolute atomic E-state index is 0.0339. The van der Waals surface area contributed by atoms with Gasteiger partial charge in [0, 0.05) is 25.2 Å². The highest BCUT2D eigenvalue weighted by atomic mass is 16.5. The van der Waals surface area contributed by atoms with Crippen molar-refractivity contribution in [2.75, 3.05) is 26.3 Å². The third-order valence-corrected chi connectivity index (χ3v) is 4.90. The largest absolute Gasteiger partial charge is 0.381 e. The highest BCUT2D eigenvalue weighted by Crippen LogP contribution is 2.34. The van der Waals surface area contributed by atoms with E-state index in [1.165, 1.54) is 5.56 Å². The lowest BCUT2D eigenvalue weighted by Gasteiger charge is -2.38. The van der Waals surface area contributed by atoms with Crippen molar-refractivity contribution in [3.05, 3.63) is 35.9 Å². The van der Waals surface area contributed by atoms with Crippen LogP contribution in [0.3, 0.4) is 0 Å². The zero-order chi connectivity index (χ0) is 18.3. The van der Waals surface area contributed by atoms with Gasteiger partial charge >= 0.3 is 0 Å². The fraction of sp³-hybridized carbons (Fsp3) is 0.579. The van der Waals surface area contributed by atoms with Crippen molar-refractivity contribution in [3.63, 3.8) is 0 Å². The lowest BCUT2D eigenvalue weighted by atomic mass is 9.74. The minimum atomic E-state index is -0.598. The summed E-state index contributed by atoms with van der Waals surface area (Å²) in [6.45, 7) is 5.60. The number of rotatable bonds is 7. The molecule has 25 heavy (non-hydrogen) atoms. The molecule has 1 aliphatic rings. The lowest BCUT2D eigenvalue weighted by Crippen LogP contribution is -2.49. The average molecular weight is 347 g/mol. The summed E-state index contributed by atoms with van der Waals surface area (Å²) in [7, 11) is 0. The number of hydrogen-bond acceptors (Lipinski definition) is 4. The molecular weight excluding hydrogens is 318 g/mol. The minimum Gasteiger partial charge on any atom is -0.381 e. The Kier molecular flexibility index (Phi) is 6.96. The van der Waals surface area contributed by atoms with Gasteiger partial charge in [-0.1, -0.05) is 44.2 Å². The molecule has 0 aliphatic carbocycles. The SMILES string of the molecule is CC(C)[C@H](N)C(=O)NCC(=O)NCC1(c2ccccc2)CCOCC1. The van der Waals surface area contributed by atoms with E-state index in [2.05, 4.69) is 22.8 Å². The van der Waals surface area contributed by atoms with Crippen molar-refractivity contribution in [2.24, 2.45) is 11.7 Å². The molecule has 1 heterocycles. The molecule has 1 fully saturated rings. The van der Waals surface area contributed by atoms with Gasteiger partial charge in [0.25, 0.3) is 0 Å². The fourth-order valence-corrected chi connectivity index (χ4v) is 3.04. The third kappa shape index (κ3) is 5.28. The van der Waals surface area contributed by atoms with E-state index in [-0.39, 0.29) is 29.7 Å². The summed E-state index contributed by atoms with van der Waals surface area (Å²) < 4.78 is 5.50. The number of nitrogens with two attached hydrogens (primary N) is 1. The molecule has 1 atom stereocenters. The summed E-state index contributed by atoms with van der Waals surface area (Å²) in [4.78, 5) is 24.0. The van der Waals surface area contributed by atoms with Crippen molar-refractivity contribution in [1.82, 2.24) is 10.6 Å². The standard InChI is InChI=1S/C19H29N3O3/c1-14(2)17(20)18(24)21-12-16(23)22-13-19(8-10-25-11-9-19)15-6-4-3-5-7-15/h3-7,14,17H,8-13,20H2,1-2H3,(H,21,24)(H,22,23)/t17-/m0/s1. The van der Waals surface area contributed by atoms with Crippen LogP contribution in [0.4, 0.5) is 0 Å². The fourth-order valence-electron chi connectivity index (χ4n) is 3.04. The summed E-state index contributed by atoms with van der Waals surface area (Å²) in [5.74, 6) is -0.466. The van der Waals surface area contributed by atoms with Crippen LogP contribution >= 0.6 is 0 Å². The smallest absolute Gasteiger partial charge is 0.239 e. The predicted molar refractivity (Wildman–Crippen MR) is 97.0 cm³/mol.